The first-order valence-corrected chi connectivity index (χ1v) is 4.07. The largest absolute Gasteiger partial charge is 0.398 e. The van der Waals surface area contributed by atoms with Gasteiger partial charge in [-0.05, 0) is 18.2 Å². The lowest BCUT2D eigenvalue weighted by Gasteiger charge is -1.96. The molecule has 66 valence electrons. The highest BCUT2D eigenvalue weighted by Gasteiger charge is 2.07. The van der Waals surface area contributed by atoms with E-state index in [1.54, 1.807) is 6.08 Å². The summed E-state index contributed by atoms with van der Waals surface area (Å²) in [6.45, 7) is 3.70. The van der Waals surface area contributed by atoms with Gasteiger partial charge >= 0.3 is 0 Å². The molecule has 2 N–H and O–H groups in total. The van der Waals surface area contributed by atoms with E-state index in [9.17, 15) is 0 Å². The van der Waals surface area contributed by atoms with Crippen LogP contribution in [0.25, 0.3) is 17.0 Å². The van der Waals surface area contributed by atoms with Crippen molar-refractivity contribution < 1.29 is 0 Å². The lowest BCUT2D eigenvalue weighted by molar-refractivity contribution is 0.793. The molecule has 0 saturated heterocycles. The van der Waals surface area contributed by atoms with E-state index in [-0.39, 0.29) is 0 Å². The van der Waals surface area contributed by atoms with Crippen LogP contribution in [0.2, 0.25) is 0 Å². The van der Waals surface area contributed by atoms with Crippen molar-refractivity contribution in [1.29, 1.82) is 0 Å². The van der Waals surface area contributed by atoms with E-state index in [0.29, 0.717) is 0 Å². The number of nitrogen functional groups attached to an aromatic ring is 1. The molecule has 1 aromatic heterocycles. The van der Waals surface area contributed by atoms with Gasteiger partial charge in [-0.1, -0.05) is 12.6 Å². The molecule has 0 unspecified atom stereocenters. The highest BCUT2D eigenvalue weighted by atomic mass is 15.3. The first-order valence-electron chi connectivity index (χ1n) is 4.07. The Bertz CT molecular complexity index is 468. The Morgan fingerprint density at radius 3 is 3.00 bits per heavy atom. The molecule has 13 heavy (non-hydrogen) atoms. The Morgan fingerprint density at radius 1 is 1.54 bits per heavy atom. The fourth-order valence-corrected chi connectivity index (χ4v) is 1.51. The number of aryl methyl sites for hydroxylation is 1. The molecular weight excluding hydrogens is 162 g/mol. The average Bonchev–Trinajstić information content (AvgIpc) is 2.45. The van der Waals surface area contributed by atoms with Crippen molar-refractivity contribution >= 4 is 22.7 Å². The average molecular weight is 173 g/mol. The molecule has 2 aromatic rings. The van der Waals surface area contributed by atoms with Crippen LogP contribution in [-0.2, 0) is 7.05 Å². The van der Waals surface area contributed by atoms with E-state index < -0.39 is 0 Å². The molecule has 0 aliphatic carbocycles. The van der Waals surface area contributed by atoms with Gasteiger partial charge in [-0.3, -0.25) is 4.68 Å². The molecule has 0 aliphatic heterocycles. The van der Waals surface area contributed by atoms with E-state index in [4.69, 9.17) is 5.73 Å². The summed E-state index contributed by atoms with van der Waals surface area (Å²) < 4.78 is 1.81. The van der Waals surface area contributed by atoms with Gasteiger partial charge < -0.3 is 5.73 Å². The third kappa shape index (κ3) is 1.01. The lowest BCUT2D eigenvalue weighted by atomic mass is 10.2. The maximum Gasteiger partial charge on any atom is 0.0944 e. The van der Waals surface area contributed by atoms with Gasteiger partial charge in [-0.25, -0.2) is 0 Å². The summed E-state index contributed by atoms with van der Waals surface area (Å²) in [5, 5.41) is 5.27. The molecule has 0 bridgehead atoms. The summed E-state index contributed by atoms with van der Waals surface area (Å²) in [7, 11) is 1.90. The monoisotopic (exact) mass is 173 g/mol. The van der Waals surface area contributed by atoms with Gasteiger partial charge in [0.15, 0.2) is 0 Å². The number of hydrogen-bond donors (Lipinski definition) is 1. The number of aromatic nitrogens is 2. The Labute approximate surface area is 76.5 Å². The summed E-state index contributed by atoms with van der Waals surface area (Å²) in [6.07, 6.45) is 1.72. The van der Waals surface area contributed by atoms with Crippen molar-refractivity contribution in [1.82, 2.24) is 9.78 Å². The number of rotatable bonds is 1. The fraction of sp³-hybridized carbons (Fsp3) is 0.100. The molecule has 0 radical (unpaired) electrons. The predicted molar refractivity (Wildman–Crippen MR) is 55.2 cm³/mol. The molecule has 2 rings (SSSR count). The van der Waals surface area contributed by atoms with Crippen LogP contribution in [0, 0.1) is 0 Å². The van der Waals surface area contributed by atoms with Gasteiger partial charge in [0.2, 0.25) is 0 Å². The summed E-state index contributed by atoms with van der Waals surface area (Å²) >= 11 is 0. The third-order valence-electron chi connectivity index (χ3n) is 2.13. The molecule has 0 fully saturated rings. The van der Waals surface area contributed by atoms with E-state index in [0.717, 1.165) is 22.3 Å². The zero-order valence-corrected chi connectivity index (χ0v) is 7.49. The highest BCUT2D eigenvalue weighted by Crippen LogP contribution is 2.24. The summed E-state index contributed by atoms with van der Waals surface area (Å²) in [5.74, 6) is 0. The minimum absolute atomic E-state index is 0.750. The maximum atomic E-state index is 5.84. The van der Waals surface area contributed by atoms with Gasteiger partial charge in [0, 0.05) is 12.7 Å². The summed E-state index contributed by atoms with van der Waals surface area (Å²) in [5.41, 5.74) is 8.48. The number of fused-ring (bicyclic) bond motifs is 1. The zero-order chi connectivity index (χ0) is 9.42. The molecule has 3 heteroatoms. The molecule has 0 amide bonds. The van der Waals surface area contributed by atoms with E-state index >= 15 is 0 Å². The van der Waals surface area contributed by atoms with Crippen molar-refractivity contribution in [3.05, 3.63) is 30.5 Å². The first-order chi connectivity index (χ1) is 6.24. The van der Waals surface area contributed by atoms with Crippen LogP contribution in [0.3, 0.4) is 0 Å². The van der Waals surface area contributed by atoms with E-state index in [1.165, 1.54) is 0 Å². The Morgan fingerprint density at radius 2 is 2.31 bits per heavy atom. The number of benzene rings is 1. The second kappa shape index (κ2) is 2.62. The Kier molecular flexibility index (Phi) is 1.59. The van der Waals surface area contributed by atoms with Crippen LogP contribution in [0.4, 0.5) is 5.69 Å². The third-order valence-corrected chi connectivity index (χ3v) is 2.13. The standard InChI is InChI=1S/C10H11N3/c1-3-8-10-7(11)5-4-6-9(10)13(2)12-8/h3-6H,1,11H2,2H3. The quantitative estimate of drug-likeness (QED) is 0.668. The van der Waals surface area contributed by atoms with Crippen molar-refractivity contribution in [3.63, 3.8) is 0 Å². The van der Waals surface area contributed by atoms with Crippen LogP contribution in [0.15, 0.2) is 24.8 Å². The lowest BCUT2D eigenvalue weighted by Crippen LogP contribution is -1.89. The normalized spacial score (nSPS) is 10.5. The molecule has 0 spiro atoms. The van der Waals surface area contributed by atoms with Gasteiger partial charge in [0.05, 0.1) is 16.6 Å². The van der Waals surface area contributed by atoms with Gasteiger partial charge in [0.1, 0.15) is 0 Å². The molecule has 0 aliphatic rings. The number of nitrogens with zero attached hydrogens (tertiary/aromatic N) is 2. The van der Waals surface area contributed by atoms with Crippen LogP contribution in [-0.4, -0.2) is 9.78 Å². The molecule has 0 atom stereocenters. The van der Waals surface area contributed by atoms with Crippen LogP contribution in [0.1, 0.15) is 5.69 Å². The minimum Gasteiger partial charge on any atom is -0.398 e. The van der Waals surface area contributed by atoms with Crippen LogP contribution < -0.4 is 5.73 Å². The van der Waals surface area contributed by atoms with Gasteiger partial charge in [-0.2, -0.15) is 5.10 Å². The molecular formula is C10H11N3. The topological polar surface area (TPSA) is 43.8 Å². The van der Waals surface area contributed by atoms with Gasteiger partial charge in [0.25, 0.3) is 0 Å². The molecule has 3 nitrogen and oxygen atoms in total. The van der Waals surface area contributed by atoms with Crippen LogP contribution >= 0.6 is 0 Å². The van der Waals surface area contributed by atoms with Crippen molar-refractivity contribution in [2.24, 2.45) is 7.05 Å². The Balaban J connectivity index is 2.96. The van der Waals surface area contributed by atoms with E-state index in [1.807, 2.05) is 29.9 Å². The van der Waals surface area contributed by atoms with E-state index in [2.05, 4.69) is 11.7 Å². The highest BCUT2D eigenvalue weighted by molar-refractivity contribution is 5.96. The van der Waals surface area contributed by atoms with Crippen molar-refractivity contribution in [3.8, 4) is 0 Å². The number of anilines is 1. The molecule has 0 saturated carbocycles. The number of hydrogen-bond acceptors (Lipinski definition) is 2. The first kappa shape index (κ1) is 7.86. The van der Waals surface area contributed by atoms with Crippen LogP contribution in [0.5, 0.6) is 0 Å². The predicted octanol–water partition coefficient (Wildman–Crippen LogP) is 1.80. The fourth-order valence-electron chi connectivity index (χ4n) is 1.51. The second-order valence-electron chi connectivity index (χ2n) is 2.95. The molecule has 1 heterocycles. The number of nitrogens with two attached hydrogens (primary N) is 1. The second-order valence-corrected chi connectivity index (χ2v) is 2.95. The summed E-state index contributed by atoms with van der Waals surface area (Å²) in [4.78, 5) is 0. The summed E-state index contributed by atoms with van der Waals surface area (Å²) in [6, 6.07) is 5.79. The van der Waals surface area contributed by atoms with Gasteiger partial charge in [-0.15, -0.1) is 0 Å². The zero-order valence-electron chi connectivity index (χ0n) is 7.49. The van der Waals surface area contributed by atoms with Crippen molar-refractivity contribution in [2.75, 3.05) is 5.73 Å². The Hall–Kier alpha value is -1.77. The van der Waals surface area contributed by atoms with Crippen molar-refractivity contribution in [2.45, 2.75) is 0 Å². The minimum atomic E-state index is 0.750. The smallest absolute Gasteiger partial charge is 0.0944 e. The maximum absolute atomic E-state index is 5.84. The SMILES string of the molecule is C=Cc1nn(C)c2cccc(N)c12. The molecule has 1 aromatic carbocycles.